The Hall–Kier alpha value is -0.791. The summed E-state index contributed by atoms with van der Waals surface area (Å²) in [4.78, 5) is 30.3. The molecule has 55 heavy (non-hydrogen) atoms. The van der Waals surface area contributed by atoms with E-state index in [-0.39, 0.29) is 19.3 Å². The van der Waals surface area contributed by atoms with E-state index in [2.05, 4.69) is 27.7 Å². The molecule has 0 fully saturated rings. The Labute approximate surface area is 357 Å². The summed E-state index contributed by atoms with van der Waals surface area (Å²) in [5.74, 6) is -2.73. The van der Waals surface area contributed by atoms with Crippen LogP contribution in [0.5, 0.6) is 0 Å². The van der Waals surface area contributed by atoms with Crippen LogP contribution in [0, 0.1) is 0 Å². The van der Waals surface area contributed by atoms with Gasteiger partial charge in [-0.1, -0.05) is 175 Å². The molecule has 0 bridgehead atoms. The number of hydrogen-bond donors (Lipinski definition) is 0. The number of unbranched alkanes of at least 4 members (excludes halogenated alkanes) is 33. The van der Waals surface area contributed by atoms with E-state index in [1.165, 1.54) is 203 Å². The Balaban J connectivity index is -0.000000315. The van der Waals surface area contributed by atoms with E-state index < -0.39 is 17.9 Å². The van der Waals surface area contributed by atoms with Crippen molar-refractivity contribution >= 4 is 40.4 Å². The SMILES string of the molecule is CCCCCCCCCCCC(=O)[O-].CCCCCCCCCCCC(=O)[O-].CCCCCCCCCCCC(=O)[O-].CCCCCCCCCCC[CH2][Sn+3]. The van der Waals surface area contributed by atoms with E-state index in [4.69, 9.17) is 0 Å². The standard InChI is InChI=1S/3C12H24O2.C12H25.Sn/c3*1-2-3-4-5-6-7-8-9-10-11-12(13)14;1-3-5-7-9-11-12-10-8-6-4-2;/h3*2-11H2,1H3,(H,13,14);1,3-12H2,2H3;/q;;;;+3/p-3. The molecule has 0 saturated heterocycles. The molecule has 6 nitrogen and oxygen atoms in total. The van der Waals surface area contributed by atoms with Crippen LogP contribution in [0.25, 0.3) is 0 Å². The third-order valence-corrected chi connectivity index (χ3v) is 11.0. The van der Waals surface area contributed by atoms with Crippen LogP contribution in [0.15, 0.2) is 0 Å². The van der Waals surface area contributed by atoms with Gasteiger partial charge in [0.1, 0.15) is 0 Å². The van der Waals surface area contributed by atoms with Gasteiger partial charge in [0, 0.05) is 17.9 Å². The summed E-state index contributed by atoms with van der Waals surface area (Å²) < 4.78 is 1.46. The third-order valence-electron chi connectivity index (χ3n) is 9.98. The maximum atomic E-state index is 10.1. The predicted molar refractivity (Wildman–Crippen MR) is 233 cm³/mol. The van der Waals surface area contributed by atoms with Crippen molar-refractivity contribution in [3.8, 4) is 0 Å². The number of aliphatic carboxylic acids is 3. The first-order valence-electron chi connectivity index (χ1n) is 24.0. The van der Waals surface area contributed by atoms with Crippen molar-refractivity contribution in [2.24, 2.45) is 0 Å². The molecule has 0 aromatic heterocycles. The van der Waals surface area contributed by atoms with Gasteiger partial charge < -0.3 is 29.7 Å². The predicted octanol–water partition coefficient (Wildman–Crippen LogP) is 12.5. The van der Waals surface area contributed by atoms with Gasteiger partial charge in [-0.05, 0) is 38.5 Å². The molecule has 0 spiro atoms. The van der Waals surface area contributed by atoms with Gasteiger partial charge in [0.15, 0.2) is 0 Å². The van der Waals surface area contributed by atoms with Crippen LogP contribution < -0.4 is 15.3 Å². The number of carbonyl (C=O) groups is 3. The topological polar surface area (TPSA) is 120 Å². The molecule has 0 amide bonds. The number of rotatable bonds is 40. The van der Waals surface area contributed by atoms with Crippen molar-refractivity contribution in [1.29, 1.82) is 0 Å². The zero-order valence-corrected chi connectivity index (χ0v) is 40.3. The van der Waals surface area contributed by atoms with Crippen LogP contribution in [0.3, 0.4) is 0 Å². The first kappa shape index (κ1) is 60.9. The monoisotopic (exact) mass is 887 g/mol. The quantitative estimate of drug-likeness (QED) is 0.0446. The molecule has 0 aliphatic rings. The van der Waals surface area contributed by atoms with Crippen LogP contribution in [0.1, 0.15) is 285 Å². The Morgan fingerprint density at radius 1 is 0.273 bits per heavy atom. The molecule has 7 heteroatoms. The van der Waals surface area contributed by atoms with Gasteiger partial charge in [-0.15, -0.1) is 0 Å². The molecule has 0 atom stereocenters. The fraction of sp³-hybridized carbons (Fsp3) is 0.938. The summed E-state index contributed by atoms with van der Waals surface area (Å²) in [7, 11) is 0. The first-order valence-corrected chi connectivity index (χ1v) is 26.0. The Morgan fingerprint density at radius 2 is 0.418 bits per heavy atom. The van der Waals surface area contributed by atoms with Crippen molar-refractivity contribution < 1.29 is 29.7 Å². The molecular formula is C48H94O6Sn. The van der Waals surface area contributed by atoms with Crippen LogP contribution in [0.4, 0.5) is 0 Å². The van der Waals surface area contributed by atoms with Crippen LogP contribution in [-0.2, 0) is 14.4 Å². The minimum atomic E-state index is -0.909. The molecule has 0 aliphatic carbocycles. The van der Waals surface area contributed by atoms with Gasteiger partial charge in [-0.2, -0.15) is 0 Å². The number of carbonyl (C=O) groups excluding carboxylic acids is 3. The summed E-state index contributed by atoms with van der Waals surface area (Å²) in [5.41, 5.74) is 0. The average Bonchev–Trinajstić information content (AvgIpc) is 3.16. The molecule has 0 aromatic rings. The average molecular weight is 886 g/mol. The number of carboxylic acid groups (broad SMARTS) is 3. The second-order valence-corrected chi connectivity index (χ2v) is 17.2. The van der Waals surface area contributed by atoms with Crippen molar-refractivity contribution in [1.82, 2.24) is 0 Å². The molecule has 0 aromatic carbocycles. The van der Waals surface area contributed by atoms with Crippen LogP contribution >= 0.6 is 0 Å². The van der Waals surface area contributed by atoms with Gasteiger partial charge >= 0.3 is 98.1 Å². The molecule has 0 aliphatic heterocycles. The van der Waals surface area contributed by atoms with Crippen molar-refractivity contribution in [3.63, 3.8) is 0 Å². The molecular weight excluding hydrogens is 791 g/mol. The molecule has 0 radical (unpaired) electrons. The molecule has 326 valence electrons. The van der Waals surface area contributed by atoms with Gasteiger partial charge in [0.2, 0.25) is 0 Å². The minimum absolute atomic E-state index is 0.232. The Kier molecular flexibility index (Phi) is 66.3. The van der Waals surface area contributed by atoms with Crippen molar-refractivity contribution in [2.45, 2.75) is 289 Å². The summed E-state index contributed by atoms with van der Waals surface area (Å²) in [5, 5.41) is 30.3. The second kappa shape index (κ2) is 59.9. The van der Waals surface area contributed by atoms with E-state index in [0.29, 0.717) is 0 Å². The molecule has 0 saturated carbocycles. The maximum absolute atomic E-state index is 10.1. The zero-order valence-electron chi connectivity index (χ0n) is 37.4. The molecule has 0 N–H and O–H groups in total. The van der Waals surface area contributed by atoms with E-state index >= 15 is 0 Å². The summed E-state index contributed by atoms with van der Waals surface area (Å²) in [6.45, 7) is 8.95. The molecule has 0 heterocycles. The van der Waals surface area contributed by atoms with Crippen LogP contribution in [0.2, 0.25) is 4.44 Å². The summed E-state index contributed by atoms with van der Waals surface area (Å²) in [6, 6.07) is 0. The van der Waals surface area contributed by atoms with Crippen molar-refractivity contribution in [2.75, 3.05) is 0 Å². The van der Waals surface area contributed by atoms with E-state index in [0.717, 1.165) is 38.5 Å². The van der Waals surface area contributed by atoms with Gasteiger partial charge in [0.05, 0.1) is 0 Å². The molecule has 0 unspecified atom stereocenters. The summed E-state index contributed by atoms with van der Waals surface area (Å²) in [6.07, 6.45) is 48.2. The van der Waals surface area contributed by atoms with Gasteiger partial charge in [0.25, 0.3) is 0 Å². The normalized spacial score (nSPS) is 10.4. The number of hydrogen-bond acceptors (Lipinski definition) is 6. The third kappa shape index (κ3) is 78.3. The zero-order chi connectivity index (χ0) is 41.7. The Morgan fingerprint density at radius 3 is 0.564 bits per heavy atom. The first-order chi connectivity index (χ1) is 26.7. The fourth-order valence-electron chi connectivity index (χ4n) is 6.35. The van der Waals surface area contributed by atoms with Gasteiger partial charge in [-0.25, -0.2) is 0 Å². The van der Waals surface area contributed by atoms with Gasteiger partial charge in [-0.3, -0.25) is 0 Å². The van der Waals surface area contributed by atoms with Crippen molar-refractivity contribution in [3.05, 3.63) is 0 Å². The van der Waals surface area contributed by atoms with E-state index in [1.54, 1.807) is 22.5 Å². The summed E-state index contributed by atoms with van der Waals surface area (Å²) >= 11 is 1.72. The molecule has 0 rings (SSSR count). The Bertz CT molecular complexity index is 630. The van der Waals surface area contributed by atoms with E-state index in [9.17, 15) is 29.7 Å². The second-order valence-electron chi connectivity index (χ2n) is 15.8. The van der Waals surface area contributed by atoms with E-state index in [1.807, 2.05) is 0 Å². The number of carboxylic acids is 3. The fourth-order valence-corrected chi connectivity index (χ4v) is 7.07. The van der Waals surface area contributed by atoms with Crippen LogP contribution in [-0.4, -0.2) is 40.4 Å².